The Kier molecular flexibility index (Phi) is 4.30. The Labute approximate surface area is 92.3 Å². The highest BCUT2D eigenvalue weighted by Crippen LogP contribution is 2.15. The number of rotatable bonds is 4. The van der Waals surface area contributed by atoms with E-state index in [0.717, 1.165) is 6.54 Å². The maximum atomic E-state index is 9.15. The van der Waals surface area contributed by atoms with Crippen LogP contribution in [0.4, 0.5) is 0 Å². The quantitative estimate of drug-likeness (QED) is 0.792. The molecule has 1 rings (SSSR count). The van der Waals surface area contributed by atoms with Crippen LogP contribution in [0.5, 0.6) is 0 Å². The van der Waals surface area contributed by atoms with Crippen LogP contribution in [0.3, 0.4) is 0 Å². The van der Waals surface area contributed by atoms with Gasteiger partial charge in [0.25, 0.3) is 0 Å². The second-order valence-electron chi connectivity index (χ2n) is 4.36. The molecule has 2 nitrogen and oxygen atoms in total. The summed E-state index contributed by atoms with van der Waals surface area (Å²) in [7, 11) is 0. The number of aliphatic hydroxyl groups is 1. The molecule has 0 radical (unpaired) electrons. The summed E-state index contributed by atoms with van der Waals surface area (Å²) in [5.41, 5.74) is 5.31. The zero-order valence-electron chi connectivity index (χ0n) is 10.1. The van der Waals surface area contributed by atoms with Crippen molar-refractivity contribution in [1.29, 1.82) is 0 Å². The molecule has 0 unspecified atom stereocenters. The second-order valence-corrected chi connectivity index (χ2v) is 4.36. The first kappa shape index (κ1) is 12.2. The summed E-state index contributed by atoms with van der Waals surface area (Å²) in [5, 5.41) is 12.4. The minimum atomic E-state index is -0.281. The van der Waals surface area contributed by atoms with E-state index < -0.39 is 0 Å². The largest absolute Gasteiger partial charge is 0.392 e. The van der Waals surface area contributed by atoms with Crippen LogP contribution in [0.1, 0.15) is 29.2 Å². The molecule has 0 aliphatic carbocycles. The van der Waals surface area contributed by atoms with Gasteiger partial charge in [-0.25, -0.2) is 0 Å². The first-order valence-electron chi connectivity index (χ1n) is 5.46. The second kappa shape index (κ2) is 5.29. The van der Waals surface area contributed by atoms with Crippen LogP contribution < -0.4 is 5.32 Å². The molecule has 0 bridgehead atoms. The SMILES string of the molecule is Cc1cc(C)c(CNC[C@@H](C)O)c(C)c1. The third-order valence-electron chi connectivity index (χ3n) is 2.58. The number of benzene rings is 1. The Hall–Kier alpha value is -0.860. The van der Waals surface area contributed by atoms with Crippen molar-refractivity contribution in [3.05, 3.63) is 34.4 Å². The van der Waals surface area contributed by atoms with E-state index in [1.54, 1.807) is 6.92 Å². The molecule has 1 aromatic rings. The van der Waals surface area contributed by atoms with E-state index in [2.05, 4.69) is 38.2 Å². The Morgan fingerprint density at radius 1 is 1.20 bits per heavy atom. The molecule has 15 heavy (non-hydrogen) atoms. The van der Waals surface area contributed by atoms with Crippen LogP contribution in [0.15, 0.2) is 12.1 Å². The number of nitrogens with one attached hydrogen (secondary N) is 1. The Balaban J connectivity index is 2.68. The van der Waals surface area contributed by atoms with E-state index in [9.17, 15) is 0 Å². The molecule has 0 heterocycles. The lowest BCUT2D eigenvalue weighted by Crippen LogP contribution is -2.24. The third-order valence-corrected chi connectivity index (χ3v) is 2.58. The lowest BCUT2D eigenvalue weighted by molar-refractivity contribution is 0.191. The van der Waals surface area contributed by atoms with Crippen molar-refractivity contribution in [2.75, 3.05) is 6.54 Å². The minimum absolute atomic E-state index is 0.281. The van der Waals surface area contributed by atoms with Gasteiger partial charge in [0.15, 0.2) is 0 Å². The third kappa shape index (κ3) is 3.65. The van der Waals surface area contributed by atoms with Gasteiger partial charge in [0.1, 0.15) is 0 Å². The highest BCUT2D eigenvalue weighted by atomic mass is 16.3. The van der Waals surface area contributed by atoms with Gasteiger partial charge in [-0.3, -0.25) is 0 Å². The first-order valence-corrected chi connectivity index (χ1v) is 5.46. The number of aliphatic hydroxyl groups excluding tert-OH is 1. The monoisotopic (exact) mass is 207 g/mol. The molecule has 0 fully saturated rings. The smallest absolute Gasteiger partial charge is 0.0636 e. The van der Waals surface area contributed by atoms with E-state index in [-0.39, 0.29) is 6.10 Å². The van der Waals surface area contributed by atoms with Crippen LogP contribution in [-0.2, 0) is 6.54 Å². The molecule has 2 N–H and O–H groups in total. The van der Waals surface area contributed by atoms with E-state index in [1.807, 2.05) is 0 Å². The molecule has 0 saturated carbocycles. The first-order chi connectivity index (χ1) is 7.00. The van der Waals surface area contributed by atoms with Crippen molar-refractivity contribution in [2.45, 2.75) is 40.3 Å². The lowest BCUT2D eigenvalue weighted by atomic mass is 10.00. The summed E-state index contributed by atoms with van der Waals surface area (Å²) >= 11 is 0. The maximum Gasteiger partial charge on any atom is 0.0636 e. The van der Waals surface area contributed by atoms with E-state index in [1.165, 1.54) is 22.3 Å². The van der Waals surface area contributed by atoms with Crippen molar-refractivity contribution < 1.29 is 5.11 Å². The molecule has 2 heteroatoms. The van der Waals surface area contributed by atoms with Crippen LogP contribution in [0, 0.1) is 20.8 Å². The molecule has 84 valence electrons. The molecule has 0 saturated heterocycles. The van der Waals surface area contributed by atoms with Gasteiger partial charge in [0.05, 0.1) is 6.10 Å². The van der Waals surface area contributed by atoms with Crippen molar-refractivity contribution in [3.8, 4) is 0 Å². The van der Waals surface area contributed by atoms with Gasteiger partial charge in [-0.15, -0.1) is 0 Å². The predicted molar refractivity (Wildman–Crippen MR) is 64.0 cm³/mol. The Morgan fingerprint density at radius 2 is 1.73 bits per heavy atom. The summed E-state index contributed by atoms with van der Waals surface area (Å²) in [5.74, 6) is 0. The van der Waals surface area contributed by atoms with Crippen molar-refractivity contribution in [1.82, 2.24) is 5.32 Å². The highest BCUT2D eigenvalue weighted by Gasteiger charge is 2.03. The zero-order valence-corrected chi connectivity index (χ0v) is 10.1. The summed E-state index contributed by atoms with van der Waals surface area (Å²) in [6.07, 6.45) is -0.281. The number of aryl methyl sites for hydroxylation is 3. The lowest BCUT2D eigenvalue weighted by Gasteiger charge is -2.13. The molecule has 0 amide bonds. The number of hydrogen-bond acceptors (Lipinski definition) is 2. The molecule has 0 aliphatic heterocycles. The summed E-state index contributed by atoms with van der Waals surface area (Å²) in [6, 6.07) is 4.40. The van der Waals surface area contributed by atoms with Gasteiger partial charge >= 0.3 is 0 Å². The van der Waals surface area contributed by atoms with Crippen molar-refractivity contribution in [2.24, 2.45) is 0 Å². The fraction of sp³-hybridized carbons (Fsp3) is 0.538. The summed E-state index contributed by atoms with van der Waals surface area (Å²) in [4.78, 5) is 0. The molecule has 0 aromatic heterocycles. The molecule has 0 aliphatic rings. The Morgan fingerprint density at radius 3 is 2.20 bits per heavy atom. The molecular weight excluding hydrogens is 186 g/mol. The highest BCUT2D eigenvalue weighted by molar-refractivity contribution is 5.37. The Bertz CT molecular complexity index is 308. The minimum Gasteiger partial charge on any atom is -0.392 e. The summed E-state index contributed by atoms with van der Waals surface area (Å²) in [6.45, 7) is 9.67. The van der Waals surface area contributed by atoms with Gasteiger partial charge in [-0.05, 0) is 44.4 Å². The van der Waals surface area contributed by atoms with Crippen LogP contribution in [0.2, 0.25) is 0 Å². The standard InChI is InChI=1S/C13H21NO/c1-9-5-10(2)13(11(3)6-9)8-14-7-12(4)15/h5-6,12,14-15H,7-8H2,1-4H3/t12-/m1/s1. The van der Waals surface area contributed by atoms with E-state index in [0.29, 0.717) is 6.54 Å². The van der Waals surface area contributed by atoms with Gasteiger partial charge in [0, 0.05) is 13.1 Å². The van der Waals surface area contributed by atoms with Gasteiger partial charge in [0.2, 0.25) is 0 Å². The molecular formula is C13H21NO. The number of hydrogen-bond donors (Lipinski definition) is 2. The summed E-state index contributed by atoms with van der Waals surface area (Å²) < 4.78 is 0. The van der Waals surface area contributed by atoms with Crippen LogP contribution in [0.25, 0.3) is 0 Å². The van der Waals surface area contributed by atoms with E-state index in [4.69, 9.17) is 5.11 Å². The fourth-order valence-electron chi connectivity index (χ4n) is 1.89. The predicted octanol–water partition coefficient (Wildman–Crippen LogP) is 2.08. The average molecular weight is 207 g/mol. The molecule has 1 aromatic carbocycles. The average Bonchev–Trinajstić information content (AvgIpc) is 2.08. The van der Waals surface area contributed by atoms with Gasteiger partial charge < -0.3 is 10.4 Å². The van der Waals surface area contributed by atoms with Crippen LogP contribution in [-0.4, -0.2) is 17.8 Å². The zero-order chi connectivity index (χ0) is 11.4. The normalized spacial score (nSPS) is 12.9. The van der Waals surface area contributed by atoms with Crippen molar-refractivity contribution >= 4 is 0 Å². The van der Waals surface area contributed by atoms with Gasteiger partial charge in [-0.2, -0.15) is 0 Å². The van der Waals surface area contributed by atoms with Gasteiger partial charge in [-0.1, -0.05) is 17.7 Å². The molecule has 1 atom stereocenters. The van der Waals surface area contributed by atoms with Crippen molar-refractivity contribution in [3.63, 3.8) is 0 Å². The topological polar surface area (TPSA) is 32.3 Å². The van der Waals surface area contributed by atoms with Crippen LogP contribution >= 0.6 is 0 Å². The molecule has 0 spiro atoms. The van der Waals surface area contributed by atoms with E-state index >= 15 is 0 Å². The maximum absolute atomic E-state index is 9.15. The fourth-order valence-corrected chi connectivity index (χ4v) is 1.89.